The van der Waals surface area contributed by atoms with Gasteiger partial charge in [0.05, 0.1) is 11.8 Å². The quantitative estimate of drug-likeness (QED) is 0.767. The van der Waals surface area contributed by atoms with Crippen LogP contribution in [-0.2, 0) is 9.63 Å². The van der Waals surface area contributed by atoms with Crippen LogP contribution in [0.5, 0.6) is 17.2 Å². The number of nitrogens with one attached hydrogen (secondary N) is 1. The van der Waals surface area contributed by atoms with Gasteiger partial charge in [0.25, 0.3) is 5.91 Å². The number of likely N-dealkylation sites (tertiary alicyclic amines) is 1. The number of amides is 1. The Kier molecular flexibility index (Phi) is 4.86. The van der Waals surface area contributed by atoms with Gasteiger partial charge >= 0.3 is 5.97 Å². The van der Waals surface area contributed by atoms with Crippen molar-refractivity contribution in [1.29, 1.82) is 0 Å². The summed E-state index contributed by atoms with van der Waals surface area (Å²) in [6.45, 7) is 0.560. The number of hydrogen-bond donors (Lipinski definition) is 2. The van der Waals surface area contributed by atoms with Gasteiger partial charge in [0.15, 0.2) is 23.3 Å². The smallest absolute Gasteiger partial charge is 0.335 e. The summed E-state index contributed by atoms with van der Waals surface area (Å²) in [6.07, 6.45) is 2.74. The molecule has 1 amide bonds. The molecule has 9 nitrogen and oxygen atoms in total. The molecule has 2 heterocycles. The van der Waals surface area contributed by atoms with Crippen LogP contribution in [0, 0.1) is 0 Å². The molecule has 2 aromatic carbocycles. The normalized spacial score (nSPS) is 17.8. The van der Waals surface area contributed by atoms with Crippen LogP contribution in [-0.4, -0.2) is 41.6 Å². The van der Waals surface area contributed by atoms with E-state index in [0.29, 0.717) is 24.4 Å². The summed E-state index contributed by atoms with van der Waals surface area (Å²) in [6, 6.07) is 11.6. The van der Waals surface area contributed by atoms with Gasteiger partial charge in [-0.25, -0.2) is 4.79 Å². The minimum atomic E-state index is -1.15. The second-order valence-corrected chi connectivity index (χ2v) is 6.53. The van der Waals surface area contributed by atoms with Crippen LogP contribution in [0.1, 0.15) is 16.8 Å². The van der Waals surface area contributed by atoms with Crippen LogP contribution in [0.25, 0.3) is 0 Å². The van der Waals surface area contributed by atoms with Crippen LogP contribution < -0.4 is 20.1 Å². The number of hydrogen-bond acceptors (Lipinski definition) is 7. The lowest BCUT2D eigenvalue weighted by Crippen LogP contribution is -2.32. The molecule has 4 rings (SSSR count). The molecule has 2 N–H and O–H groups in total. The molecule has 0 radical (unpaired) electrons. The Balaban J connectivity index is 1.78. The third-order valence-corrected chi connectivity index (χ3v) is 4.53. The Morgan fingerprint density at radius 1 is 1.24 bits per heavy atom. The van der Waals surface area contributed by atoms with Crippen molar-refractivity contribution in [3.63, 3.8) is 0 Å². The van der Waals surface area contributed by atoms with Gasteiger partial charge in [0, 0.05) is 20.0 Å². The Bertz CT molecular complexity index is 954. The molecule has 2 aliphatic heterocycles. The third-order valence-electron chi connectivity index (χ3n) is 4.53. The summed E-state index contributed by atoms with van der Waals surface area (Å²) < 4.78 is 11.9. The van der Waals surface area contributed by atoms with Gasteiger partial charge in [0.2, 0.25) is 0 Å². The molecule has 1 fully saturated rings. The number of carbonyl (C=O) groups excluding carboxylic acids is 1. The highest BCUT2D eigenvalue weighted by atomic mass is 16.7. The van der Waals surface area contributed by atoms with Crippen molar-refractivity contribution in [3.05, 3.63) is 60.5 Å². The highest BCUT2D eigenvalue weighted by Gasteiger charge is 2.33. The molecule has 0 saturated carbocycles. The highest BCUT2D eigenvalue weighted by Crippen LogP contribution is 2.42. The van der Waals surface area contributed by atoms with Crippen molar-refractivity contribution >= 4 is 17.6 Å². The standard InChI is InChI=1S/C20H19N3O6/c1-22-9-7-15(19(22)24)29-17-12-13(20(25)26)11-16(18(17)23-21-8-10-27-23)28-14-5-3-2-4-6-14/h2-6,8,10-12,15,21H,7,9H2,1H3,(H,25,26). The summed E-state index contributed by atoms with van der Waals surface area (Å²) in [5.74, 6) is -0.467. The lowest BCUT2D eigenvalue weighted by Gasteiger charge is -2.24. The summed E-state index contributed by atoms with van der Waals surface area (Å²) in [7, 11) is 1.69. The van der Waals surface area contributed by atoms with E-state index in [2.05, 4.69) is 5.43 Å². The summed E-state index contributed by atoms with van der Waals surface area (Å²) in [5, 5.41) is 10.8. The summed E-state index contributed by atoms with van der Waals surface area (Å²) in [5.41, 5.74) is 3.13. The average Bonchev–Trinajstić information content (AvgIpc) is 3.34. The van der Waals surface area contributed by atoms with E-state index < -0.39 is 12.1 Å². The number of aromatic carboxylic acids is 1. The maximum Gasteiger partial charge on any atom is 0.335 e. The molecule has 0 aliphatic carbocycles. The number of carboxylic acid groups (broad SMARTS) is 1. The first-order valence-corrected chi connectivity index (χ1v) is 8.97. The monoisotopic (exact) mass is 397 g/mol. The van der Waals surface area contributed by atoms with E-state index in [0.717, 1.165) is 0 Å². The predicted molar refractivity (Wildman–Crippen MR) is 102 cm³/mol. The fraction of sp³-hybridized carbons (Fsp3) is 0.200. The van der Waals surface area contributed by atoms with E-state index in [-0.39, 0.29) is 23.0 Å². The van der Waals surface area contributed by atoms with Crippen LogP contribution in [0.15, 0.2) is 54.9 Å². The Hall–Kier alpha value is -3.88. The number of para-hydroxylation sites is 1. The first-order chi connectivity index (χ1) is 14.0. The largest absolute Gasteiger partial charge is 0.478 e. The minimum absolute atomic E-state index is 0.0411. The number of benzene rings is 2. The molecule has 1 saturated heterocycles. The predicted octanol–water partition coefficient (Wildman–Crippen LogP) is 2.51. The van der Waals surface area contributed by atoms with Crippen molar-refractivity contribution in [1.82, 2.24) is 10.3 Å². The fourth-order valence-electron chi connectivity index (χ4n) is 3.08. The van der Waals surface area contributed by atoms with E-state index in [1.165, 1.54) is 23.6 Å². The second kappa shape index (κ2) is 7.63. The topological polar surface area (TPSA) is 101 Å². The summed E-state index contributed by atoms with van der Waals surface area (Å²) >= 11 is 0. The van der Waals surface area contributed by atoms with Crippen molar-refractivity contribution < 1.29 is 29.0 Å². The molecule has 2 aliphatic rings. The Labute approximate surface area is 166 Å². The molecule has 150 valence electrons. The molecule has 9 heteroatoms. The Morgan fingerprint density at radius 3 is 2.62 bits per heavy atom. The molecule has 0 aromatic heterocycles. The molecule has 2 aromatic rings. The van der Waals surface area contributed by atoms with Crippen molar-refractivity contribution in [2.24, 2.45) is 0 Å². The van der Waals surface area contributed by atoms with Gasteiger partial charge in [-0.15, -0.1) is 5.17 Å². The zero-order valence-corrected chi connectivity index (χ0v) is 15.6. The number of anilines is 1. The van der Waals surface area contributed by atoms with Crippen LogP contribution in [0.3, 0.4) is 0 Å². The number of ether oxygens (including phenoxy) is 2. The number of carboxylic acids is 1. The van der Waals surface area contributed by atoms with Gasteiger partial charge in [-0.1, -0.05) is 18.2 Å². The average molecular weight is 397 g/mol. The molecule has 0 spiro atoms. The van der Waals surface area contributed by atoms with Crippen molar-refractivity contribution in [2.75, 3.05) is 18.8 Å². The molecule has 0 bridgehead atoms. The molecular weight excluding hydrogens is 378 g/mol. The number of rotatable bonds is 6. The first-order valence-electron chi connectivity index (χ1n) is 8.97. The molecular formula is C20H19N3O6. The van der Waals surface area contributed by atoms with Gasteiger partial charge < -0.3 is 24.3 Å². The SMILES string of the molecule is CN1CCC(Oc2cc(C(=O)O)cc(Oc3ccccc3)c2N2NC=CO2)C1=O. The van der Waals surface area contributed by atoms with Gasteiger partial charge in [0.1, 0.15) is 12.0 Å². The fourth-order valence-corrected chi connectivity index (χ4v) is 3.08. The lowest BCUT2D eigenvalue weighted by molar-refractivity contribution is -0.132. The first kappa shape index (κ1) is 18.5. The number of likely N-dealkylation sites (N-methyl/N-ethyl adjacent to an activating group) is 1. The number of nitrogens with zero attached hydrogens (tertiary/aromatic N) is 2. The third kappa shape index (κ3) is 3.75. The second-order valence-electron chi connectivity index (χ2n) is 6.53. The maximum atomic E-state index is 12.3. The van der Waals surface area contributed by atoms with Crippen molar-refractivity contribution in [3.8, 4) is 17.2 Å². The minimum Gasteiger partial charge on any atom is -0.478 e. The number of carbonyl (C=O) groups is 2. The highest BCUT2D eigenvalue weighted by molar-refractivity contribution is 5.91. The van der Waals surface area contributed by atoms with E-state index in [1.54, 1.807) is 42.4 Å². The van der Waals surface area contributed by atoms with Crippen LogP contribution in [0.2, 0.25) is 0 Å². The zero-order valence-electron chi connectivity index (χ0n) is 15.6. The molecule has 1 atom stereocenters. The molecule has 29 heavy (non-hydrogen) atoms. The molecule has 1 unspecified atom stereocenters. The maximum absolute atomic E-state index is 12.3. The van der Waals surface area contributed by atoms with E-state index in [4.69, 9.17) is 14.3 Å². The van der Waals surface area contributed by atoms with Crippen LogP contribution >= 0.6 is 0 Å². The lowest BCUT2D eigenvalue weighted by atomic mass is 10.1. The zero-order chi connectivity index (χ0) is 20.4. The van der Waals surface area contributed by atoms with Gasteiger partial charge in [-0.3, -0.25) is 10.2 Å². The van der Waals surface area contributed by atoms with E-state index in [9.17, 15) is 14.7 Å². The van der Waals surface area contributed by atoms with Gasteiger partial charge in [-0.05, 0) is 24.3 Å². The van der Waals surface area contributed by atoms with E-state index >= 15 is 0 Å². The van der Waals surface area contributed by atoms with Crippen LogP contribution in [0.4, 0.5) is 5.69 Å². The van der Waals surface area contributed by atoms with E-state index in [1.807, 2.05) is 6.07 Å². The Morgan fingerprint density at radius 2 is 2.00 bits per heavy atom. The number of hydrazine groups is 1. The van der Waals surface area contributed by atoms with Crippen molar-refractivity contribution in [2.45, 2.75) is 12.5 Å². The van der Waals surface area contributed by atoms with Gasteiger partial charge in [-0.2, -0.15) is 0 Å². The summed E-state index contributed by atoms with van der Waals surface area (Å²) in [4.78, 5) is 31.0.